The number of nitro groups is 1. The second-order valence-corrected chi connectivity index (χ2v) is 4.74. The van der Waals surface area contributed by atoms with E-state index >= 15 is 0 Å². The van der Waals surface area contributed by atoms with Gasteiger partial charge >= 0.3 is 5.97 Å². The molecule has 1 N–H and O–H groups in total. The summed E-state index contributed by atoms with van der Waals surface area (Å²) in [5.41, 5.74) is 0.427. The quantitative estimate of drug-likeness (QED) is 0.666. The topological polar surface area (TPSA) is 83.7 Å². The molecule has 1 aromatic rings. The second-order valence-electron chi connectivity index (χ2n) is 4.74. The van der Waals surface area contributed by atoms with Gasteiger partial charge in [0.1, 0.15) is 0 Å². The van der Waals surface area contributed by atoms with Gasteiger partial charge in [0, 0.05) is 18.2 Å². The molecule has 1 aliphatic rings. The number of piperidine rings is 1. The molecule has 0 saturated carbocycles. The van der Waals surface area contributed by atoms with Crippen molar-refractivity contribution in [2.45, 2.75) is 25.8 Å². The number of hydrogen-bond acceptors (Lipinski definition) is 4. The van der Waals surface area contributed by atoms with Gasteiger partial charge in [-0.3, -0.25) is 15.0 Å². The van der Waals surface area contributed by atoms with Crippen LogP contribution in [-0.4, -0.2) is 34.0 Å². The number of likely N-dealkylation sites (tertiary alicyclic amines) is 1. The molecular weight excluding hydrogens is 248 g/mol. The van der Waals surface area contributed by atoms with Crippen molar-refractivity contribution in [3.05, 3.63) is 39.4 Å². The molecule has 102 valence electrons. The molecule has 2 rings (SSSR count). The number of carbonyl (C=O) groups is 1. The first-order valence-corrected chi connectivity index (χ1v) is 6.31. The van der Waals surface area contributed by atoms with E-state index in [1.54, 1.807) is 6.07 Å². The van der Waals surface area contributed by atoms with E-state index in [-0.39, 0.29) is 11.3 Å². The number of rotatable bonds is 4. The van der Waals surface area contributed by atoms with Crippen molar-refractivity contribution in [1.29, 1.82) is 0 Å². The number of aromatic carboxylic acids is 1. The zero-order valence-corrected chi connectivity index (χ0v) is 10.5. The minimum absolute atomic E-state index is 0.0471. The lowest BCUT2D eigenvalue weighted by Crippen LogP contribution is -2.29. The largest absolute Gasteiger partial charge is 0.478 e. The van der Waals surface area contributed by atoms with E-state index in [0.717, 1.165) is 32.0 Å². The van der Waals surface area contributed by atoms with Gasteiger partial charge in [-0.2, -0.15) is 0 Å². The summed E-state index contributed by atoms with van der Waals surface area (Å²) in [6.07, 6.45) is 3.43. The second kappa shape index (κ2) is 5.79. The van der Waals surface area contributed by atoms with Crippen LogP contribution in [0.15, 0.2) is 18.2 Å². The van der Waals surface area contributed by atoms with Crippen LogP contribution in [0, 0.1) is 10.1 Å². The van der Waals surface area contributed by atoms with Crippen molar-refractivity contribution in [1.82, 2.24) is 4.90 Å². The van der Waals surface area contributed by atoms with E-state index in [1.165, 1.54) is 12.5 Å². The van der Waals surface area contributed by atoms with Crippen molar-refractivity contribution >= 4 is 11.7 Å². The van der Waals surface area contributed by atoms with E-state index in [1.807, 2.05) is 0 Å². The van der Waals surface area contributed by atoms with Crippen molar-refractivity contribution in [2.24, 2.45) is 0 Å². The summed E-state index contributed by atoms with van der Waals surface area (Å²) in [6, 6.07) is 4.12. The van der Waals surface area contributed by atoms with Crippen LogP contribution >= 0.6 is 0 Å². The van der Waals surface area contributed by atoms with Crippen LogP contribution in [0.1, 0.15) is 35.2 Å². The van der Waals surface area contributed by atoms with Crippen LogP contribution in [0.5, 0.6) is 0 Å². The standard InChI is InChI=1S/C13H16N2O4/c16-13(17)10-4-5-11(12(8-10)15(18)19)9-14-6-2-1-3-7-14/h4-5,8H,1-3,6-7,9H2,(H,16,17). The average molecular weight is 264 g/mol. The lowest BCUT2D eigenvalue weighted by atomic mass is 10.1. The van der Waals surface area contributed by atoms with Gasteiger partial charge in [-0.05, 0) is 32.0 Å². The third kappa shape index (κ3) is 3.29. The molecule has 6 heteroatoms. The summed E-state index contributed by atoms with van der Waals surface area (Å²) < 4.78 is 0. The summed E-state index contributed by atoms with van der Waals surface area (Å²) in [5.74, 6) is -1.15. The first kappa shape index (κ1) is 13.5. The van der Waals surface area contributed by atoms with E-state index < -0.39 is 10.9 Å². The fourth-order valence-electron chi connectivity index (χ4n) is 2.36. The Balaban J connectivity index is 2.23. The summed E-state index contributed by atoms with van der Waals surface area (Å²) in [6.45, 7) is 2.39. The number of benzene rings is 1. The number of nitro benzene ring substituents is 1. The van der Waals surface area contributed by atoms with E-state index in [2.05, 4.69) is 4.90 Å². The molecule has 6 nitrogen and oxygen atoms in total. The Morgan fingerprint density at radius 1 is 1.32 bits per heavy atom. The van der Waals surface area contributed by atoms with E-state index in [4.69, 9.17) is 5.11 Å². The van der Waals surface area contributed by atoms with Gasteiger partial charge in [-0.15, -0.1) is 0 Å². The molecule has 0 atom stereocenters. The predicted octanol–water partition coefficient (Wildman–Crippen LogP) is 2.28. The van der Waals surface area contributed by atoms with Crippen LogP contribution in [0.2, 0.25) is 0 Å². The molecular formula is C13H16N2O4. The molecule has 1 aromatic carbocycles. The Kier molecular flexibility index (Phi) is 4.11. The fourth-order valence-corrected chi connectivity index (χ4v) is 2.36. The third-order valence-corrected chi connectivity index (χ3v) is 3.37. The fraction of sp³-hybridized carbons (Fsp3) is 0.462. The third-order valence-electron chi connectivity index (χ3n) is 3.37. The molecule has 1 saturated heterocycles. The lowest BCUT2D eigenvalue weighted by Gasteiger charge is -2.26. The lowest BCUT2D eigenvalue weighted by molar-refractivity contribution is -0.385. The SMILES string of the molecule is O=C(O)c1ccc(CN2CCCCC2)c([N+](=O)[O-])c1. The van der Waals surface area contributed by atoms with Crippen LogP contribution in [0.3, 0.4) is 0 Å². The molecule has 1 fully saturated rings. The van der Waals surface area contributed by atoms with Gasteiger partial charge in [0.05, 0.1) is 10.5 Å². The normalized spacial score (nSPS) is 16.2. The maximum absolute atomic E-state index is 11.0. The molecule has 0 aromatic heterocycles. The van der Waals surface area contributed by atoms with Crippen molar-refractivity contribution in [2.75, 3.05) is 13.1 Å². The van der Waals surface area contributed by atoms with Gasteiger partial charge in [0.2, 0.25) is 0 Å². The number of nitrogens with zero attached hydrogens (tertiary/aromatic N) is 2. The molecule has 19 heavy (non-hydrogen) atoms. The minimum Gasteiger partial charge on any atom is -0.478 e. The zero-order valence-electron chi connectivity index (χ0n) is 10.5. The first-order chi connectivity index (χ1) is 9.08. The molecule has 1 aliphatic heterocycles. The molecule has 0 aliphatic carbocycles. The highest BCUT2D eigenvalue weighted by molar-refractivity contribution is 5.88. The van der Waals surface area contributed by atoms with Crippen molar-refractivity contribution in [3.8, 4) is 0 Å². The monoisotopic (exact) mass is 264 g/mol. The minimum atomic E-state index is -1.15. The van der Waals surface area contributed by atoms with Crippen LogP contribution < -0.4 is 0 Å². The van der Waals surface area contributed by atoms with Crippen molar-refractivity contribution in [3.63, 3.8) is 0 Å². The maximum atomic E-state index is 11.0. The zero-order chi connectivity index (χ0) is 13.8. The molecule has 0 bridgehead atoms. The predicted molar refractivity (Wildman–Crippen MR) is 69.2 cm³/mol. The van der Waals surface area contributed by atoms with Gasteiger partial charge < -0.3 is 5.11 Å². The Bertz CT molecular complexity index is 495. The van der Waals surface area contributed by atoms with Crippen LogP contribution in [-0.2, 0) is 6.54 Å². The Hall–Kier alpha value is -1.95. The highest BCUT2D eigenvalue weighted by atomic mass is 16.6. The molecule has 0 spiro atoms. The molecule has 1 heterocycles. The Labute approximate surface area is 110 Å². The molecule has 0 unspecified atom stereocenters. The van der Waals surface area contributed by atoms with Gasteiger partial charge in [0.15, 0.2) is 0 Å². The maximum Gasteiger partial charge on any atom is 0.335 e. The van der Waals surface area contributed by atoms with E-state index in [9.17, 15) is 14.9 Å². The summed E-state index contributed by atoms with van der Waals surface area (Å²) in [5, 5.41) is 19.9. The molecule has 0 radical (unpaired) electrons. The number of carboxylic acids is 1. The van der Waals surface area contributed by atoms with Crippen molar-refractivity contribution < 1.29 is 14.8 Å². The summed E-state index contributed by atoms with van der Waals surface area (Å²) in [4.78, 5) is 23.5. The average Bonchev–Trinajstić information content (AvgIpc) is 2.39. The smallest absolute Gasteiger partial charge is 0.335 e. The first-order valence-electron chi connectivity index (χ1n) is 6.31. The summed E-state index contributed by atoms with van der Waals surface area (Å²) in [7, 11) is 0. The van der Waals surface area contributed by atoms with Gasteiger partial charge in [0.25, 0.3) is 5.69 Å². The molecule has 0 amide bonds. The van der Waals surface area contributed by atoms with Gasteiger partial charge in [-0.1, -0.05) is 12.5 Å². The Morgan fingerprint density at radius 3 is 2.58 bits per heavy atom. The highest BCUT2D eigenvalue weighted by Gasteiger charge is 2.20. The number of hydrogen-bond donors (Lipinski definition) is 1. The van der Waals surface area contributed by atoms with Crippen LogP contribution in [0.4, 0.5) is 5.69 Å². The number of carboxylic acid groups (broad SMARTS) is 1. The Morgan fingerprint density at radius 2 is 2.00 bits per heavy atom. The highest BCUT2D eigenvalue weighted by Crippen LogP contribution is 2.23. The van der Waals surface area contributed by atoms with Crippen LogP contribution in [0.25, 0.3) is 0 Å². The summed E-state index contributed by atoms with van der Waals surface area (Å²) >= 11 is 0. The van der Waals surface area contributed by atoms with E-state index in [0.29, 0.717) is 12.1 Å². The van der Waals surface area contributed by atoms with Gasteiger partial charge in [-0.25, -0.2) is 4.79 Å².